The highest BCUT2D eigenvalue weighted by atomic mass is 19.1. The minimum atomic E-state index is -0.325. The fourth-order valence-electron chi connectivity index (χ4n) is 1.76. The number of amides is 1. The average Bonchev–Trinajstić information content (AvgIpc) is 2.69. The van der Waals surface area contributed by atoms with Crippen LogP contribution in [0, 0.1) is 12.7 Å². The molecule has 0 bridgehead atoms. The normalized spacial score (nSPS) is 10.5. The highest BCUT2D eigenvalue weighted by molar-refractivity contribution is 5.97. The lowest BCUT2D eigenvalue weighted by molar-refractivity contribution is 0.0780. The highest BCUT2D eigenvalue weighted by Crippen LogP contribution is 2.15. The Kier molecular flexibility index (Phi) is 3.50. The van der Waals surface area contributed by atoms with Crippen molar-refractivity contribution in [1.82, 2.24) is 15.1 Å². The van der Waals surface area contributed by atoms with Gasteiger partial charge in [-0.3, -0.25) is 9.89 Å². The fraction of sp³-hybridized carbons (Fsp3) is 0.231. The molecule has 0 aliphatic heterocycles. The van der Waals surface area contributed by atoms with E-state index in [1.165, 1.54) is 17.0 Å². The summed E-state index contributed by atoms with van der Waals surface area (Å²) in [6, 6.07) is 6.12. The predicted octanol–water partition coefficient (Wildman–Crippen LogP) is 1.71. The number of halogens is 1. The zero-order valence-electron chi connectivity index (χ0n) is 10.8. The standard InChI is InChI=1S/C13H15FN4O/c1-8-11(15)12(17-16-8)13(19)18(2)7-9-4-3-5-10(14)6-9/h3-6H,7,15H2,1-2H3,(H,16,17). The molecule has 3 N–H and O–H groups in total. The van der Waals surface area contributed by atoms with Gasteiger partial charge in [0.05, 0.1) is 11.4 Å². The number of nitrogen functional groups attached to an aromatic ring is 1. The van der Waals surface area contributed by atoms with Gasteiger partial charge in [-0.05, 0) is 24.6 Å². The van der Waals surface area contributed by atoms with E-state index < -0.39 is 0 Å². The second kappa shape index (κ2) is 5.09. The van der Waals surface area contributed by atoms with Crippen LogP contribution < -0.4 is 5.73 Å². The summed E-state index contributed by atoms with van der Waals surface area (Å²) in [6.07, 6.45) is 0. The second-order valence-electron chi connectivity index (χ2n) is 4.40. The van der Waals surface area contributed by atoms with Crippen LogP contribution in [0.15, 0.2) is 24.3 Å². The van der Waals surface area contributed by atoms with Crippen LogP contribution in [-0.2, 0) is 6.54 Å². The predicted molar refractivity (Wildman–Crippen MR) is 69.9 cm³/mol. The molecule has 0 aliphatic rings. The van der Waals surface area contributed by atoms with Crippen LogP contribution in [0.4, 0.5) is 10.1 Å². The van der Waals surface area contributed by atoms with Crippen molar-refractivity contribution in [1.29, 1.82) is 0 Å². The summed E-state index contributed by atoms with van der Waals surface area (Å²) in [6.45, 7) is 2.04. The molecule has 2 aromatic rings. The van der Waals surface area contributed by atoms with Gasteiger partial charge < -0.3 is 10.6 Å². The molecule has 0 aliphatic carbocycles. The number of rotatable bonds is 3. The lowest BCUT2D eigenvalue weighted by Crippen LogP contribution is -2.27. The quantitative estimate of drug-likeness (QED) is 0.884. The smallest absolute Gasteiger partial charge is 0.276 e. The SMILES string of the molecule is Cc1[nH]nc(C(=O)N(C)Cc2cccc(F)c2)c1N. The number of H-pyrrole nitrogens is 1. The van der Waals surface area contributed by atoms with E-state index in [-0.39, 0.29) is 17.4 Å². The van der Waals surface area contributed by atoms with Gasteiger partial charge in [-0.1, -0.05) is 12.1 Å². The third-order valence-corrected chi connectivity index (χ3v) is 2.85. The zero-order valence-corrected chi connectivity index (χ0v) is 10.8. The Balaban J connectivity index is 2.14. The molecule has 100 valence electrons. The van der Waals surface area contributed by atoms with Gasteiger partial charge in [-0.2, -0.15) is 5.10 Å². The largest absolute Gasteiger partial charge is 0.395 e. The molecule has 0 saturated carbocycles. The van der Waals surface area contributed by atoms with Crippen molar-refractivity contribution in [2.45, 2.75) is 13.5 Å². The lowest BCUT2D eigenvalue weighted by atomic mass is 10.2. The average molecular weight is 262 g/mol. The number of nitrogens with one attached hydrogen (secondary N) is 1. The number of aryl methyl sites for hydroxylation is 1. The van der Waals surface area contributed by atoms with Crippen molar-refractivity contribution in [3.8, 4) is 0 Å². The van der Waals surface area contributed by atoms with E-state index in [2.05, 4.69) is 10.2 Å². The monoisotopic (exact) mass is 262 g/mol. The molecule has 1 aromatic carbocycles. The number of nitrogens with zero attached hydrogens (tertiary/aromatic N) is 2. The Morgan fingerprint density at radius 3 is 2.84 bits per heavy atom. The lowest BCUT2D eigenvalue weighted by Gasteiger charge is -2.16. The number of aromatic amines is 1. The summed E-state index contributed by atoms with van der Waals surface area (Å²) in [5.74, 6) is -0.625. The van der Waals surface area contributed by atoms with Crippen molar-refractivity contribution in [3.63, 3.8) is 0 Å². The molecule has 0 radical (unpaired) electrons. The van der Waals surface area contributed by atoms with Crippen LogP contribution in [-0.4, -0.2) is 28.1 Å². The third-order valence-electron chi connectivity index (χ3n) is 2.85. The Hall–Kier alpha value is -2.37. The van der Waals surface area contributed by atoms with E-state index in [1.807, 2.05) is 0 Å². The summed E-state index contributed by atoms with van der Waals surface area (Å²) >= 11 is 0. The maximum atomic E-state index is 13.1. The van der Waals surface area contributed by atoms with E-state index in [9.17, 15) is 9.18 Å². The van der Waals surface area contributed by atoms with E-state index >= 15 is 0 Å². The number of benzene rings is 1. The first-order valence-electron chi connectivity index (χ1n) is 5.79. The van der Waals surface area contributed by atoms with Gasteiger partial charge in [0.25, 0.3) is 5.91 Å². The molecule has 1 aromatic heterocycles. The van der Waals surface area contributed by atoms with Gasteiger partial charge in [0.15, 0.2) is 5.69 Å². The first-order valence-corrected chi connectivity index (χ1v) is 5.79. The molecule has 0 fully saturated rings. The molecule has 0 saturated heterocycles. The van der Waals surface area contributed by atoms with Crippen LogP contribution in [0.3, 0.4) is 0 Å². The number of aromatic nitrogens is 2. The van der Waals surface area contributed by atoms with E-state index in [1.54, 1.807) is 26.1 Å². The molecule has 0 atom stereocenters. The van der Waals surface area contributed by atoms with Gasteiger partial charge >= 0.3 is 0 Å². The van der Waals surface area contributed by atoms with Gasteiger partial charge in [-0.25, -0.2) is 4.39 Å². The summed E-state index contributed by atoms with van der Waals surface area (Å²) in [5, 5.41) is 6.54. The minimum Gasteiger partial charge on any atom is -0.395 e. The summed E-state index contributed by atoms with van der Waals surface area (Å²) in [5.41, 5.74) is 7.66. The first kappa shape index (κ1) is 13.1. The molecular formula is C13H15FN4O. The molecule has 19 heavy (non-hydrogen) atoms. The maximum Gasteiger partial charge on any atom is 0.276 e. The van der Waals surface area contributed by atoms with Crippen LogP contribution in [0.1, 0.15) is 21.7 Å². The van der Waals surface area contributed by atoms with Crippen molar-refractivity contribution in [3.05, 3.63) is 47.0 Å². The molecule has 0 spiro atoms. The fourth-order valence-corrected chi connectivity index (χ4v) is 1.76. The number of nitrogens with two attached hydrogens (primary N) is 1. The van der Waals surface area contributed by atoms with Gasteiger partial charge in [0.1, 0.15) is 5.82 Å². The van der Waals surface area contributed by atoms with Crippen LogP contribution in [0.25, 0.3) is 0 Å². The molecule has 1 amide bonds. The van der Waals surface area contributed by atoms with Crippen molar-refractivity contribution >= 4 is 11.6 Å². The number of hydrogen-bond acceptors (Lipinski definition) is 3. The Morgan fingerprint density at radius 1 is 1.53 bits per heavy atom. The number of carbonyl (C=O) groups excluding carboxylic acids is 1. The van der Waals surface area contributed by atoms with Gasteiger partial charge in [0, 0.05) is 13.6 Å². The summed E-state index contributed by atoms with van der Waals surface area (Å²) in [7, 11) is 1.62. The number of anilines is 1. The van der Waals surface area contributed by atoms with Crippen LogP contribution >= 0.6 is 0 Å². The van der Waals surface area contributed by atoms with Gasteiger partial charge in [0.2, 0.25) is 0 Å². The molecule has 0 unspecified atom stereocenters. The molecule has 6 heteroatoms. The summed E-state index contributed by atoms with van der Waals surface area (Å²) < 4.78 is 13.1. The first-order chi connectivity index (χ1) is 8.99. The Morgan fingerprint density at radius 2 is 2.26 bits per heavy atom. The van der Waals surface area contributed by atoms with E-state index in [0.29, 0.717) is 23.5 Å². The number of hydrogen-bond donors (Lipinski definition) is 2. The number of carbonyl (C=O) groups is 1. The minimum absolute atomic E-state index is 0.191. The maximum absolute atomic E-state index is 13.1. The molecule has 2 rings (SSSR count). The Bertz CT molecular complexity index is 608. The van der Waals surface area contributed by atoms with Crippen LogP contribution in [0.5, 0.6) is 0 Å². The Labute approximate surface area is 110 Å². The second-order valence-corrected chi connectivity index (χ2v) is 4.40. The topological polar surface area (TPSA) is 75.0 Å². The summed E-state index contributed by atoms with van der Waals surface area (Å²) in [4.78, 5) is 13.6. The zero-order chi connectivity index (χ0) is 14.0. The molecular weight excluding hydrogens is 247 g/mol. The van der Waals surface area contributed by atoms with Crippen LogP contribution in [0.2, 0.25) is 0 Å². The van der Waals surface area contributed by atoms with Crippen molar-refractivity contribution < 1.29 is 9.18 Å². The van der Waals surface area contributed by atoms with E-state index in [4.69, 9.17) is 5.73 Å². The van der Waals surface area contributed by atoms with Crippen molar-refractivity contribution in [2.24, 2.45) is 0 Å². The van der Waals surface area contributed by atoms with E-state index in [0.717, 1.165) is 0 Å². The third kappa shape index (κ3) is 2.73. The molecule has 1 heterocycles. The van der Waals surface area contributed by atoms with Gasteiger partial charge in [-0.15, -0.1) is 0 Å². The highest BCUT2D eigenvalue weighted by Gasteiger charge is 2.19. The van der Waals surface area contributed by atoms with Crippen molar-refractivity contribution in [2.75, 3.05) is 12.8 Å². The molecule has 5 nitrogen and oxygen atoms in total.